The van der Waals surface area contributed by atoms with Crippen molar-refractivity contribution in [3.05, 3.63) is 72.1 Å². The van der Waals surface area contributed by atoms with Crippen LogP contribution in [0.1, 0.15) is 17.7 Å². The fourth-order valence-electron chi connectivity index (χ4n) is 4.82. The van der Waals surface area contributed by atoms with Crippen LogP contribution >= 0.6 is 0 Å². The second-order valence-electron chi connectivity index (χ2n) is 8.09. The van der Waals surface area contributed by atoms with E-state index in [1.165, 1.54) is 16.9 Å². The Kier molecular flexibility index (Phi) is 3.74. The fraction of sp³-hybridized carbons (Fsp3) is 0.304. The molecule has 1 saturated carbocycles. The van der Waals surface area contributed by atoms with Crippen molar-refractivity contribution in [2.75, 3.05) is 41.7 Å². The molecule has 1 aromatic heterocycles. The summed E-state index contributed by atoms with van der Waals surface area (Å²) >= 11 is 0. The van der Waals surface area contributed by atoms with Crippen LogP contribution in [0.2, 0.25) is 0 Å². The van der Waals surface area contributed by atoms with E-state index in [9.17, 15) is 0 Å². The number of fused-ring (bicyclic) bond motifs is 3. The van der Waals surface area contributed by atoms with Gasteiger partial charge in [0.15, 0.2) is 0 Å². The zero-order chi connectivity index (χ0) is 19.3. The first kappa shape index (κ1) is 16.8. The molecule has 0 amide bonds. The van der Waals surface area contributed by atoms with Gasteiger partial charge in [0.1, 0.15) is 0 Å². The first-order valence-electron chi connectivity index (χ1n) is 10.4. The van der Waals surface area contributed by atoms with Gasteiger partial charge in [-0.15, -0.1) is 0 Å². The number of nitrogens with one attached hydrogen (secondary N) is 3. The molecule has 6 nitrogen and oxygen atoms in total. The average Bonchev–Trinajstić information content (AvgIpc) is 3.42. The Labute approximate surface area is 170 Å². The Hall–Kier alpha value is -3.12. The van der Waals surface area contributed by atoms with Crippen molar-refractivity contribution in [2.45, 2.75) is 17.9 Å². The lowest BCUT2D eigenvalue weighted by Gasteiger charge is -2.29. The molecule has 6 heteroatoms. The Morgan fingerprint density at radius 2 is 1.83 bits per heavy atom. The Bertz CT molecular complexity index is 1040. The molecule has 0 spiro atoms. The zero-order valence-corrected chi connectivity index (χ0v) is 16.2. The van der Waals surface area contributed by atoms with Gasteiger partial charge >= 0.3 is 0 Å². The van der Waals surface area contributed by atoms with Crippen LogP contribution in [0.5, 0.6) is 0 Å². The molecule has 2 fully saturated rings. The van der Waals surface area contributed by atoms with Gasteiger partial charge in [-0.05, 0) is 48.4 Å². The van der Waals surface area contributed by atoms with Crippen LogP contribution in [-0.2, 0) is 5.41 Å². The number of anilines is 4. The average molecular weight is 384 g/mol. The maximum absolute atomic E-state index is 4.89. The normalized spacial score (nSPS) is 24.4. The van der Waals surface area contributed by atoms with Crippen molar-refractivity contribution in [3.8, 4) is 0 Å². The maximum Gasteiger partial charge on any atom is 0.227 e. The van der Waals surface area contributed by atoms with Crippen molar-refractivity contribution < 1.29 is 0 Å². The van der Waals surface area contributed by atoms with E-state index in [1.54, 1.807) is 0 Å². The SMILES string of the molecule is c1ccc2c(c1)NC1CC21c1ccnc(Nc2ccc(N3CCNCC3)cc2)n1. The van der Waals surface area contributed by atoms with Gasteiger partial charge < -0.3 is 20.9 Å². The van der Waals surface area contributed by atoms with Crippen molar-refractivity contribution in [1.29, 1.82) is 0 Å². The number of para-hydroxylation sites is 1. The molecule has 2 unspecified atom stereocenters. The van der Waals surface area contributed by atoms with E-state index in [-0.39, 0.29) is 5.41 Å². The smallest absolute Gasteiger partial charge is 0.227 e. The molecule has 3 aromatic rings. The van der Waals surface area contributed by atoms with E-state index in [0.29, 0.717) is 12.0 Å². The summed E-state index contributed by atoms with van der Waals surface area (Å²) in [5.41, 5.74) is 5.96. The molecule has 0 bridgehead atoms. The molecule has 2 aromatic carbocycles. The molecule has 2 atom stereocenters. The highest BCUT2D eigenvalue weighted by Gasteiger charge is 2.62. The topological polar surface area (TPSA) is 65.1 Å². The van der Waals surface area contributed by atoms with Gasteiger partial charge in [-0.2, -0.15) is 0 Å². The van der Waals surface area contributed by atoms with Gasteiger partial charge in [-0.1, -0.05) is 18.2 Å². The van der Waals surface area contributed by atoms with Crippen molar-refractivity contribution >= 4 is 23.0 Å². The summed E-state index contributed by atoms with van der Waals surface area (Å²) in [5, 5.41) is 10.4. The van der Waals surface area contributed by atoms with E-state index >= 15 is 0 Å². The summed E-state index contributed by atoms with van der Waals surface area (Å²) < 4.78 is 0. The fourth-order valence-corrected chi connectivity index (χ4v) is 4.82. The quantitative estimate of drug-likeness (QED) is 0.642. The summed E-state index contributed by atoms with van der Waals surface area (Å²) in [6.45, 7) is 4.19. The largest absolute Gasteiger partial charge is 0.381 e. The maximum atomic E-state index is 4.89. The molecular weight excluding hydrogens is 360 g/mol. The molecule has 3 heterocycles. The van der Waals surface area contributed by atoms with Gasteiger partial charge in [-0.3, -0.25) is 0 Å². The molecule has 3 N–H and O–H groups in total. The molecule has 146 valence electrons. The van der Waals surface area contributed by atoms with Crippen LogP contribution in [0.15, 0.2) is 60.8 Å². The molecule has 1 aliphatic carbocycles. The lowest BCUT2D eigenvalue weighted by Crippen LogP contribution is -2.43. The predicted octanol–water partition coefficient (Wildman–Crippen LogP) is 3.11. The first-order valence-corrected chi connectivity index (χ1v) is 10.4. The third-order valence-corrected chi connectivity index (χ3v) is 6.42. The monoisotopic (exact) mass is 384 g/mol. The number of nitrogens with zero attached hydrogens (tertiary/aromatic N) is 3. The minimum Gasteiger partial charge on any atom is -0.381 e. The lowest BCUT2D eigenvalue weighted by atomic mass is 9.92. The zero-order valence-electron chi connectivity index (χ0n) is 16.2. The van der Waals surface area contributed by atoms with E-state index in [1.807, 2.05) is 6.20 Å². The molecule has 3 aliphatic rings. The second-order valence-corrected chi connectivity index (χ2v) is 8.09. The number of hydrogen-bond donors (Lipinski definition) is 3. The van der Waals surface area contributed by atoms with Gasteiger partial charge in [0.05, 0.1) is 11.1 Å². The highest BCUT2D eigenvalue weighted by Crippen LogP contribution is 2.60. The molecule has 2 aliphatic heterocycles. The molecular formula is C23H24N6. The molecule has 29 heavy (non-hydrogen) atoms. The van der Waals surface area contributed by atoms with Crippen LogP contribution in [0.3, 0.4) is 0 Å². The van der Waals surface area contributed by atoms with Crippen LogP contribution in [0.25, 0.3) is 0 Å². The molecule has 0 radical (unpaired) electrons. The summed E-state index contributed by atoms with van der Waals surface area (Å²) in [4.78, 5) is 11.8. The van der Waals surface area contributed by atoms with Crippen molar-refractivity contribution in [3.63, 3.8) is 0 Å². The van der Waals surface area contributed by atoms with Crippen LogP contribution in [0.4, 0.5) is 23.0 Å². The van der Waals surface area contributed by atoms with Crippen LogP contribution in [-0.4, -0.2) is 42.2 Å². The van der Waals surface area contributed by atoms with E-state index in [2.05, 4.69) is 80.4 Å². The predicted molar refractivity (Wildman–Crippen MR) is 116 cm³/mol. The Balaban J connectivity index is 1.23. The summed E-state index contributed by atoms with van der Waals surface area (Å²) in [6, 6.07) is 19.6. The molecule has 6 rings (SSSR count). The highest BCUT2D eigenvalue weighted by atomic mass is 15.2. The van der Waals surface area contributed by atoms with Crippen molar-refractivity contribution in [2.24, 2.45) is 0 Å². The Morgan fingerprint density at radius 3 is 2.69 bits per heavy atom. The third-order valence-electron chi connectivity index (χ3n) is 6.42. The van der Waals surface area contributed by atoms with Gasteiger partial charge in [0.25, 0.3) is 0 Å². The number of benzene rings is 2. The van der Waals surface area contributed by atoms with Crippen LogP contribution < -0.4 is 20.9 Å². The van der Waals surface area contributed by atoms with Gasteiger partial charge in [-0.25, -0.2) is 9.97 Å². The number of piperazine rings is 1. The van der Waals surface area contributed by atoms with Gasteiger partial charge in [0.2, 0.25) is 5.95 Å². The summed E-state index contributed by atoms with van der Waals surface area (Å²) in [7, 11) is 0. The number of hydrogen-bond acceptors (Lipinski definition) is 6. The third kappa shape index (κ3) is 2.75. The van der Waals surface area contributed by atoms with Crippen molar-refractivity contribution in [1.82, 2.24) is 15.3 Å². The first-order chi connectivity index (χ1) is 14.3. The van der Waals surface area contributed by atoms with E-state index in [4.69, 9.17) is 4.98 Å². The molecule has 1 saturated heterocycles. The number of rotatable bonds is 4. The Morgan fingerprint density at radius 1 is 1.00 bits per heavy atom. The lowest BCUT2D eigenvalue weighted by molar-refractivity contribution is 0.589. The summed E-state index contributed by atoms with van der Waals surface area (Å²) in [6.07, 6.45) is 2.96. The minimum absolute atomic E-state index is 0.00210. The van der Waals surface area contributed by atoms with Gasteiger partial charge in [0, 0.05) is 55.5 Å². The highest BCUT2D eigenvalue weighted by molar-refractivity contribution is 5.71. The minimum atomic E-state index is 0.00210. The summed E-state index contributed by atoms with van der Waals surface area (Å²) in [5.74, 6) is 0.654. The van der Waals surface area contributed by atoms with Crippen LogP contribution in [0, 0.1) is 0 Å². The standard InChI is InChI=1S/C23H24N6/c1-2-4-19-18(3-1)23(15-21(23)27-19)20-9-10-25-22(28-20)26-16-5-7-17(8-6-16)29-13-11-24-12-14-29/h1-10,21,24,27H,11-15H2,(H,25,26,28). The van der Waals surface area contributed by atoms with E-state index in [0.717, 1.165) is 44.0 Å². The second kappa shape index (κ2) is 6.46. The number of aromatic nitrogens is 2. The van der Waals surface area contributed by atoms with E-state index < -0.39 is 0 Å².